The second-order valence-corrected chi connectivity index (χ2v) is 26.8. The van der Waals surface area contributed by atoms with Crippen molar-refractivity contribution in [3.8, 4) is 46.0 Å². The first kappa shape index (κ1) is 71.4. The molecule has 0 atom stereocenters. The van der Waals surface area contributed by atoms with E-state index in [0.717, 1.165) is 128 Å². The normalized spacial score (nSPS) is 16.0. The van der Waals surface area contributed by atoms with Gasteiger partial charge in [-0.25, -0.2) is 0 Å². The number of fused-ring (bicyclic) bond motifs is 8. The molecule has 0 fully saturated rings. The van der Waals surface area contributed by atoms with Crippen molar-refractivity contribution in [2.45, 2.75) is 328 Å². The fourth-order valence-corrected chi connectivity index (χ4v) is 16.0. The highest BCUT2D eigenvalue weighted by atomic mass is 32.1. The van der Waals surface area contributed by atoms with Crippen LogP contribution in [0.15, 0.2) is 43.8 Å². The largest absolute Gasteiger partial charge is 0.507 e. The van der Waals surface area contributed by atoms with E-state index in [1.54, 1.807) is 0 Å². The van der Waals surface area contributed by atoms with E-state index in [0.29, 0.717) is 89.8 Å². The van der Waals surface area contributed by atoms with E-state index in [-0.39, 0.29) is 46.0 Å². The standard InChI is InChI=1S/C72H112O8S4/c1-5-9-13-17-21-25-29-33-37-41-49-61-53(73)45-55(75)63(69(61)81)50(42-38-34-30-26-22-18-14-10-6-2)65-57(77)47-59(79)67(71(65)83)52(44-40-36-32-28-24-20-16-12-8-4)68-60(80)48-58(78)66(72(68)84)51(43-39-35-31-27-23-19-15-11-7-3)64-56(76)46-54(74)62(49)70(64)82/h45-52,73-84H,5-44H2,1-4H3. The minimum atomic E-state index is -0.748. The summed E-state index contributed by atoms with van der Waals surface area (Å²) < 4.78 is 0. The highest BCUT2D eigenvalue weighted by Crippen LogP contribution is 2.59. The van der Waals surface area contributed by atoms with E-state index < -0.39 is 23.7 Å². The van der Waals surface area contributed by atoms with E-state index in [1.165, 1.54) is 127 Å². The monoisotopic (exact) mass is 1230 g/mol. The molecule has 4 aromatic rings. The zero-order chi connectivity index (χ0) is 61.0. The minimum absolute atomic E-state index is 0.209. The molecule has 0 spiro atoms. The minimum Gasteiger partial charge on any atom is -0.507 e. The summed E-state index contributed by atoms with van der Waals surface area (Å²) in [4.78, 5) is 1.22. The quantitative estimate of drug-likeness (QED) is 0.0155. The number of benzene rings is 4. The average molecular weight is 1230 g/mol. The molecule has 0 amide bonds. The van der Waals surface area contributed by atoms with Crippen LogP contribution in [-0.4, -0.2) is 40.9 Å². The van der Waals surface area contributed by atoms with Crippen molar-refractivity contribution in [1.82, 2.24) is 0 Å². The second kappa shape index (κ2) is 38.8. The van der Waals surface area contributed by atoms with Gasteiger partial charge in [-0.15, -0.1) is 50.5 Å². The summed E-state index contributed by atoms with van der Waals surface area (Å²) >= 11 is 21.4. The lowest BCUT2D eigenvalue weighted by Gasteiger charge is -2.33. The van der Waals surface area contributed by atoms with Crippen LogP contribution in [0.3, 0.4) is 0 Å². The predicted molar refractivity (Wildman–Crippen MR) is 363 cm³/mol. The van der Waals surface area contributed by atoms with Crippen LogP contribution < -0.4 is 0 Å². The number of unbranched alkanes of at least 4 members (excludes halogenated alkanes) is 32. The molecule has 0 unspecified atom stereocenters. The Balaban J connectivity index is 1.80. The Hall–Kier alpha value is -3.32. The van der Waals surface area contributed by atoms with Gasteiger partial charge in [-0.1, -0.05) is 259 Å². The third kappa shape index (κ3) is 20.4. The lowest BCUT2D eigenvalue weighted by Crippen LogP contribution is -2.15. The number of phenolic OH excluding ortho intramolecular Hbond substituents is 8. The fraction of sp³-hybridized carbons (Fsp3) is 0.667. The Morgan fingerprint density at radius 3 is 0.464 bits per heavy atom. The Morgan fingerprint density at radius 1 is 0.214 bits per heavy atom. The van der Waals surface area contributed by atoms with Crippen molar-refractivity contribution in [2.24, 2.45) is 0 Å². The highest BCUT2D eigenvalue weighted by Gasteiger charge is 2.39. The molecule has 8 nitrogen and oxygen atoms in total. The van der Waals surface area contributed by atoms with E-state index in [9.17, 15) is 40.9 Å². The van der Waals surface area contributed by atoms with Gasteiger partial charge in [-0.2, -0.15) is 0 Å². The summed E-state index contributed by atoms with van der Waals surface area (Å²) in [6.07, 6.45) is 40.9. The summed E-state index contributed by atoms with van der Waals surface area (Å²) in [5, 5.41) is 99.2. The summed E-state index contributed by atoms with van der Waals surface area (Å²) in [6, 6.07) is 5.45. The zero-order valence-electron chi connectivity index (χ0n) is 52.3. The number of aromatic hydroxyl groups is 8. The number of phenols is 8. The first-order valence-corrected chi connectivity index (χ1v) is 35.6. The number of thiol groups is 4. The predicted octanol–water partition coefficient (Wildman–Crippen LogP) is 23.0. The first-order valence-electron chi connectivity index (χ1n) is 33.8. The highest BCUT2D eigenvalue weighted by molar-refractivity contribution is 7.81. The van der Waals surface area contributed by atoms with Gasteiger partial charge < -0.3 is 40.9 Å². The Morgan fingerprint density at radius 2 is 0.333 bits per heavy atom. The lowest BCUT2D eigenvalue weighted by atomic mass is 9.76. The number of rotatable bonds is 40. The molecule has 12 heteroatoms. The van der Waals surface area contributed by atoms with Gasteiger partial charge in [0.05, 0.1) is 0 Å². The topological polar surface area (TPSA) is 162 Å². The number of hydrogen-bond acceptors (Lipinski definition) is 12. The van der Waals surface area contributed by atoms with Crippen molar-refractivity contribution in [3.05, 3.63) is 68.8 Å². The summed E-state index contributed by atoms with van der Waals surface area (Å²) in [6.45, 7) is 8.91. The molecule has 8 bridgehead atoms. The molecule has 0 radical (unpaired) electrons. The molecule has 1 aliphatic carbocycles. The van der Waals surface area contributed by atoms with E-state index >= 15 is 0 Å². The van der Waals surface area contributed by atoms with Crippen LogP contribution in [0.5, 0.6) is 46.0 Å². The van der Waals surface area contributed by atoms with Crippen molar-refractivity contribution < 1.29 is 40.9 Å². The molecular weight excluding hydrogens is 1120 g/mol. The van der Waals surface area contributed by atoms with Crippen LogP contribution in [0.1, 0.15) is 353 Å². The molecule has 0 heterocycles. The third-order valence-corrected chi connectivity index (χ3v) is 20.4. The van der Waals surface area contributed by atoms with Gasteiger partial charge in [0.2, 0.25) is 0 Å². The van der Waals surface area contributed by atoms with Crippen LogP contribution in [0.25, 0.3) is 0 Å². The molecule has 0 aliphatic heterocycles. The van der Waals surface area contributed by atoms with Crippen LogP contribution in [-0.2, 0) is 0 Å². The maximum absolute atomic E-state index is 12.4. The molecule has 0 saturated carbocycles. The van der Waals surface area contributed by atoms with Crippen molar-refractivity contribution >= 4 is 50.5 Å². The van der Waals surface area contributed by atoms with Crippen molar-refractivity contribution in [1.29, 1.82) is 0 Å². The summed E-state index contributed by atoms with van der Waals surface area (Å²) in [5.74, 6) is -4.66. The summed E-state index contributed by atoms with van der Waals surface area (Å²) in [7, 11) is 0. The Bertz CT molecular complexity index is 2120. The summed E-state index contributed by atoms with van der Waals surface area (Å²) in [5.41, 5.74) is 3.11. The molecule has 5 rings (SSSR count). The molecule has 8 N–H and O–H groups in total. The SMILES string of the molecule is CCCCCCCCCCCC1c2c(O)cc(O)c(c2S)C(CCCCCCCCCCC)c2c(O)cc(O)c(c2S)C(CCCCCCCCCCC)c2c(O)cc(O)c(c2S)C(CCCCCCCCCCC)c2c(O)cc(O)c1c2S. The average Bonchev–Trinajstić information content (AvgIpc) is 1.55. The molecular formula is C72H112O8S4. The van der Waals surface area contributed by atoms with E-state index in [2.05, 4.69) is 27.7 Å². The molecule has 0 saturated heterocycles. The molecule has 4 aromatic carbocycles. The third-order valence-electron chi connectivity index (χ3n) is 18.5. The number of hydrogen-bond donors (Lipinski definition) is 12. The van der Waals surface area contributed by atoms with Gasteiger partial charge in [0, 0.05) is 112 Å². The Labute approximate surface area is 530 Å². The van der Waals surface area contributed by atoms with Crippen LogP contribution in [0.4, 0.5) is 0 Å². The van der Waals surface area contributed by atoms with Gasteiger partial charge in [0.25, 0.3) is 0 Å². The zero-order valence-corrected chi connectivity index (χ0v) is 55.8. The van der Waals surface area contributed by atoms with Gasteiger partial charge in [0.15, 0.2) is 0 Å². The molecule has 0 aromatic heterocycles. The van der Waals surface area contributed by atoms with Gasteiger partial charge in [-0.05, 0) is 25.7 Å². The van der Waals surface area contributed by atoms with E-state index in [1.807, 2.05) is 0 Å². The molecule has 1 aliphatic rings. The van der Waals surface area contributed by atoms with Crippen LogP contribution in [0, 0.1) is 0 Å². The van der Waals surface area contributed by atoms with Gasteiger partial charge in [0.1, 0.15) is 46.0 Å². The smallest absolute Gasteiger partial charge is 0.124 e. The molecule has 472 valence electrons. The van der Waals surface area contributed by atoms with Crippen molar-refractivity contribution in [2.75, 3.05) is 0 Å². The maximum Gasteiger partial charge on any atom is 0.124 e. The second-order valence-electron chi connectivity index (χ2n) is 25.0. The Kier molecular flexibility index (Phi) is 33.0. The fourth-order valence-electron chi connectivity index (χ4n) is 13.8. The first-order chi connectivity index (χ1) is 40.7. The van der Waals surface area contributed by atoms with Crippen molar-refractivity contribution in [3.63, 3.8) is 0 Å². The van der Waals surface area contributed by atoms with Crippen LogP contribution in [0.2, 0.25) is 0 Å². The maximum atomic E-state index is 12.4. The molecule has 84 heavy (non-hydrogen) atoms. The van der Waals surface area contributed by atoms with Crippen LogP contribution >= 0.6 is 50.5 Å². The lowest BCUT2D eigenvalue weighted by molar-refractivity contribution is 0.408. The van der Waals surface area contributed by atoms with E-state index in [4.69, 9.17) is 50.5 Å². The van der Waals surface area contributed by atoms with Gasteiger partial charge in [-0.3, -0.25) is 0 Å². The van der Waals surface area contributed by atoms with Gasteiger partial charge >= 0.3 is 0 Å².